The standard InChI is InChI=1S/C16H24N2S/c1-15(2)13-19-16(17-15)8-10-18(11-9-16)12-14-6-4-3-5-7-14/h3-7,17H,8-13H2,1-2H3. The Bertz CT molecular complexity index is 422. The normalized spacial score (nSPS) is 25.8. The lowest BCUT2D eigenvalue weighted by Crippen LogP contribution is -2.52. The summed E-state index contributed by atoms with van der Waals surface area (Å²) in [7, 11) is 0. The molecule has 19 heavy (non-hydrogen) atoms. The number of benzene rings is 1. The summed E-state index contributed by atoms with van der Waals surface area (Å²) >= 11 is 2.14. The van der Waals surface area contributed by atoms with Crippen LogP contribution in [0, 0.1) is 0 Å². The first kappa shape index (κ1) is 13.5. The molecule has 0 saturated carbocycles. The second-order valence-corrected chi connectivity index (χ2v) is 7.91. The molecule has 2 aliphatic heterocycles. The second kappa shape index (κ2) is 5.12. The number of nitrogens with one attached hydrogen (secondary N) is 1. The van der Waals surface area contributed by atoms with Gasteiger partial charge in [-0.15, -0.1) is 11.8 Å². The van der Waals surface area contributed by atoms with E-state index in [0.29, 0.717) is 10.4 Å². The zero-order valence-electron chi connectivity index (χ0n) is 12.0. The van der Waals surface area contributed by atoms with Crippen molar-refractivity contribution in [2.24, 2.45) is 0 Å². The molecule has 2 nitrogen and oxygen atoms in total. The van der Waals surface area contributed by atoms with Crippen molar-refractivity contribution in [3.05, 3.63) is 35.9 Å². The Morgan fingerprint density at radius 3 is 2.42 bits per heavy atom. The molecule has 0 unspecified atom stereocenters. The van der Waals surface area contributed by atoms with Crippen LogP contribution < -0.4 is 5.32 Å². The van der Waals surface area contributed by atoms with E-state index in [-0.39, 0.29) is 0 Å². The Morgan fingerprint density at radius 1 is 1.16 bits per heavy atom. The van der Waals surface area contributed by atoms with E-state index >= 15 is 0 Å². The number of hydrogen-bond donors (Lipinski definition) is 1. The maximum absolute atomic E-state index is 3.87. The fourth-order valence-electron chi connectivity index (χ4n) is 3.19. The number of piperidine rings is 1. The SMILES string of the molecule is CC1(C)CSC2(CCN(Cc3ccccc3)CC2)N1. The van der Waals surface area contributed by atoms with Gasteiger partial charge in [0.25, 0.3) is 0 Å². The average Bonchev–Trinajstić information content (AvgIpc) is 2.70. The van der Waals surface area contributed by atoms with Crippen molar-refractivity contribution in [1.29, 1.82) is 0 Å². The number of thioether (sulfide) groups is 1. The summed E-state index contributed by atoms with van der Waals surface area (Å²) in [5.74, 6) is 1.24. The molecule has 1 N–H and O–H groups in total. The van der Waals surface area contributed by atoms with Crippen LogP contribution in [0.15, 0.2) is 30.3 Å². The number of likely N-dealkylation sites (tertiary alicyclic amines) is 1. The van der Waals surface area contributed by atoms with Crippen LogP contribution in [0.25, 0.3) is 0 Å². The molecule has 2 heterocycles. The van der Waals surface area contributed by atoms with Crippen molar-refractivity contribution < 1.29 is 0 Å². The maximum Gasteiger partial charge on any atom is 0.0674 e. The molecule has 3 rings (SSSR count). The van der Waals surface area contributed by atoms with Crippen molar-refractivity contribution in [3.8, 4) is 0 Å². The van der Waals surface area contributed by atoms with Gasteiger partial charge in [-0.1, -0.05) is 30.3 Å². The molecule has 2 saturated heterocycles. The van der Waals surface area contributed by atoms with Gasteiger partial charge in [-0.25, -0.2) is 0 Å². The number of nitrogens with zero attached hydrogens (tertiary/aromatic N) is 1. The molecule has 0 bridgehead atoms. The minimum absolute atomic E-state index is 0.312. The molecule has 104 valence electrons. The third-order valence-corrected chi connectivity index (χ3v) is 6.12. The van der Waals surface area contributed by atoms with E-state index in [1.807, 2.05) is 0 Å². The molecule has 1 spiro atoms. The van der Waals surface area contributed by atoms with Crippen LogP contribution >= 0.6 is 11.8 Å². The first-order chi connectivity index (χ1) is 9.07. The Kier molecular flexibility index (Phi) is 3.63. The first-order valence-corrected chi connectivity index (χ1v) is 8.25. The lowest BCUT2D eigenvalue weighted by atomic mass is 9.99. The van der Waals surface area contributed by atoms with Gasteiger partial charge in [-0.3, -0.25) is 10.2 Å². The van der Waals surface area contributed by atoms with Gasteiger partial charge >= 0.3 is 0 Å². The molecule has 2 fully saturated rings. The van der Waals surface area contributed by atoms with E-state index in [0.717, 1.165) is 6.54 Å². The van der Waals surface area contributed by atoms with Gasteiger partial charge in [0.1, 0.15) is 0 Å². The quantitative estimate of drug-likeness (QED) is 0.893. The van der Waals surface area contributed by atoms with Gasteiger partial charge in [0.2, 0.25) is 0 Å². The van der Waals surface area contributed by atoms with E-state index in [1.54, 1.807) is 0 Å². The molecule has 0 atom stereocenters. The Hall–Kier alpha value is -0.510. The highest BCUT2D eigenvalue weighted by atomic mass is 32.2. The van der Waals surface area contributed by atoms with E-state index in [9.17, 15) is 0 Å². The zero-order chi connectivity index (χ0) is 13.3. The zero-order valence-corrected chi connectivity index (χ0v) is 12.8. The van der Waals surface area contributed by atoms with Gasteiger partial charge < -0.3 is 0 Å². The Labute approximate surface area is 121 Å². The second-order valence-electron chi connectivity index (χ2n) is 6.55. The molecule has 3 heteroatoms. The van der Waals surface area contributed by atoms with Crippen LogP contribution in [-0.2, 0) is 6.54 Å². The molecule has 1 aromatic rings. The highest BCUT2D eigenvalue weighted by Crippen LogP contribution is 2.42. The first-order valence-electron chi connectivity index (χ1n) is 7.27. The predicted molar refractivity (Wildman–Crippen MR) is 83.4 cm³/mol. The van der Waals surface area contributed by atoms with Gasteiger partial charge in [0, 0.05) is 30.9 Å². The summed E-state index contributed by atoms with van der Waals surface area (Å²) in [5, 5.41) is 3.87. The maximum atomic E-state index is 3.87. The minimum atomic E-state index is 0.312. The lowest BCUT2D eigenvalue weighted by molar-refractivity contribution is 0.167. The molecule has 1 aromatic carbocycles. The van der Waals surface area contributed by atoms with Crippen molar-refractivity contribution in [2.75, 3.05) is 18.8 Å². The van der Waals surface area contributed by atoms with Crippen LogP contribution in [-0.4, -0.2) is 34.2 Å². The molecular formula is C16H24N2S. The Morgan fingerprint density at radius 2 is 1.84 bits per heavy atom. The van der Waals surface area contributed by atoms with E-state index in [1.165, 1.54) is 37.2 Å². The van der Waals surface area contributed by atoms with Crippen LogP contribution in [0.1, 0.15) is 32.3 Å². The lowest BCUT2D eigenvalue weighted by Gasteiger charge is -2.40. The predicted octanol–water partition coefficient (Wildman–Crippen LogP) is 3.09. The van der Waals surface area contributed by atoms with Crippen molar-refractivity contribution in [2.45, 2.75) is 43.6 Å². The summed E-state index contributed by atoms with van der Waals surface area (Å²) < 4.78 is 0. The molecule has 2 aliphatic rings. The van der Waals surface area contributed by atoms with Gasteiger partial charge in [0.05, 0.1) is 4.87 Å². The summed E-state index contributed by atoms with van der Waals surface area (Å²) in [6.45, 7) is 8.18. The number of hydrogen-bond acceptors (Lipinski definition) is 3. The summed E-state index contributed by atoms with van der Waals surface area (Å²) in [6.07, 6.45) is 2.54. The van der Waals surface area contributed by atoms with Crippen molar-refractivity contribution in [3.63, 3.8) is 0 Å². The smallest absolute Gasteiger partial charge is 0.0674 e. The molecule has 0 amide bonds. The number of rotatable bonds is 2. The monoisotopic (exact) mass is 276 g/mol. The highest BCUT2D eigenvalue weighted by Gasteiger charge is 2.44. The molecule has 0 aromatic heterocycles. The van der Waals surface area contributed by atoms with E-state index in [2.05, 4.69) is 66.2 Å². The van der Waals surface area contributed by atoms with Gasteiger partial charge in [-0.05, 0) is 32.3 Å². The summed E-state index contributed by atoms with van der Waals surface area (Å²) in [4.78, 5) is 2.95. The minimum Gasteiger partial charge on any atom is -0.299 e. The van der Waals surface area contributed by atoms with Crippen LogP contribution in [0.2, 0.25) is 0 Å². The topological polar surface area (TPSA) is 15.3 Å². The third-order valence-electron chi connectivity index (χ3n) is 4.19. The van der Waals surface area contributed by atoms with Crippen molar-refractivity contribution >= 4 is 11.8 Å². The van der Waals surface area contributed by atoms with E-state index in [4.69, 9.17) is 0 Å². The fraction of sp³-hybridized carbons (Fsp3) is 0.625. The highest BCUT2D eigenvalue weighted by molar-refractivity contribution is 8.01. The van der Waals surface area contributed by atoms with Crippen LogP contribution in [0.5, 0.6) is 0 Å². The molecule has 0 radical (unpaired) electrons. The fourth-order valence-corrected chi connectivity index (χ4v) is 4.72. The molecular weight excluding hydrogens is 252 g/mol. The Balaban J connectivity index is 1.56. The largest absolute Gasteiger partial charge is 0.299 e. The van der Waals surface area contributed by atoms with Crippen LogP contribution in [0.3, 0.4) is 0 Å². The summed E-state index contributed by atoms with van der Waals surface area (Å²) in [5.41, 5.74) is 1.75. The summed E-state index contributed by atoms with van der Waals surface area (Å²) in [6, 6.07) is 10.8. The average molecular weight is 276 g/mol. The van der Waals surface area contributed by atoms with Gasteiger partial charge in [-0.2, -0.15) is 0 Å². The third kappa shape index (κ3) is 3.15. The van der Waals surface area contributed by atoms with Gasteiger partial charge in [0.15, 0.2) is 0 Å². The van der Waals surface area contributed by atoms with Crippen LogP contribution in [0.4, 0.5) is 0 Å². The molecule has 0 aliphatic carbocycles. The van der Waals surface area contributed by atoms with E-state index < -0.39 is 0 Å². The van der Waals surface area contributed by atoms with Crippen molar-refractivity contribution in [1.82, 2.24) is 10.2 Å².